The molecule has 0 aliphatic carbocycles. The standard InChI is InChI=1S/C27H29ClF5N5O4S/c28-17-2-4-19(20(13-17)37-9-7-36(8-10-37)6-5-27(31,32)33)35-24(39)18-3-1-16(22(29)23(18)30)14-34-25(40)21-15-43-12-11-38(21)26(41)42/h1-4,13,21H,5-12,14-15H2,(H,34,40)(H,35,39)(H,41,42)/p-1. The Hall–Kier alpha value is -3.30. The van der Waals surface area contributed by atoms with Crippen LogP contribution < -0.4 is 20.6 Å². The third kappa shape index (κ3) is 8.42. The molecule has 9 nitrogen and oxygen atoms in total. The number of alkyl halides is 3. The lowest BCUT2D eigenvalue weighted by Crippen LogP contribution is -2.57. The van der Waals surface area contributed by atoms with Gasteiger partial charge in [0.25, 0.3) is 5.91 Å². The van der Waals surface area contributed by atoms with Gasteiger partial charge in [-0.15, -0.1) is 0 Å². The molecule has 2 fully saturated rings. The van der Waals surface area contributed by atoms with Gasteiger partial charge in [0.15, 0.2) is 11.6 Å². The smallest absolute Gasteiger partial charge is 0.390 e. The molecule has 2 aromatic carbocycles. The summed E-state index contributed by atoms with van der Waals surface area (Å²) in [6.45, 7) is 0.929. The average Bonchev–Trinajstić information content (AvgIpc) is 2.97. The molecule has 2 N–H and O–H groups in total. The minimum Gasteiger partial charge on any atom is -0.530 e. The predicted molar refractivity (Wildman–Crippen MR) is 150 cm³/mol. The van der Waals surface area contributed by atoms with Crippen LogP contribution in [0.1, 0.15) is 22.3 Å². The van der Waals surface area contributed by atoms with Crippen LogP contribution in [0.25, 0.3) is 0 Å². The number of halogens is 6. The minimum absolute atomic E-state index is 0.103. The van der Waals surface area contributed by atoms with Crippen LogP contribution in [-0.2, 0) is 11.3 Å². The maximum atomic E-state index is 15.0. The summed E-state index contributed by atoms with van der Waals surface area (Å²) >= 11 is 7.53. The number of carbonyl (C=O) groups excluding carboxylic acids is 3. The Morgan fingerprint density at radius 3 is 2.42 bits per heavy atom. The molecule has 43 heavy (non-hydrogen) atoms. The number of hydrogen-bond donors (Lipinski definition) is 2. The number of carboxylic acid groups (broad SMARTS) is 1. The number of nitrogens with zero attached hydrogens (tertiary/aromatic N) is 3. The van der Waals surface area contributed by atoms with Crippen LogP contribution >= 0.6 is 23.4 Å². The van der Waals surface area contributed by atoms with E-state index in [9.17, 15) is 37.1 Å². The normalized spacial score (nSPS) is 18.0. The molecule has 1 atom stereocenters. The van der Waals surface area contributed by atoms with Gasteiger partial charge in [0.05, 0.1) is 23.4 Å². The van der Waals surface area contributed by atoms with E-state index in [0.717, 1.165) is 17.0 Å². The quantitative estimate of drug-likeness (QED) is 0.423. The van der Waals surface area contributed by atoms with Crippen molar-refractivity contribution in [1.29, 1.82) is 0 Å². The van der Waals surface area contributed by atoms with Crippen molar-refractivity contribution in [2.75, 3.05) is 61.0 Å². The molecule has 2 aliphatic heterocycles. The SMILES string of the molecule is O=C(Nc1ccc(Cl)cc1N1CCN(CCC(F)(F)F)CC1)c1ccc(CNC(=O)C2CSCCN2C(=O)[O-])c(F)c1F. The largest absolute Gasteiger partial charge is 0.530 e. The molecule has 2 heterocycles. The van der Waals surface area contributed by atoms with Crippen molar-refractivity contribution in [3.05, 3.63) is 58.1 Å². The molecule has 0 radical (unpaired) electrons. The molecular formula is C27H28ClF5N5O4S-. The molecule has 2 aliphatic rings. The molecule has 0 aromatic heterocycles. The highest BCUT2D eigenvalue weighted by Crippen LogP contribution is 2.31. The summed E-state index contributed by atoms with van der Waals surface area (Å²) in [5.74, 6) is -3.74. The molecule has 1 unspecified atom stereocenters. The molecule has 16 heteroatoms. The van der Waals surface area contributed by atoms with Gasteiger partial charge in [-0.1, -0.05) is 17.7 Å². The van der Waals surface area contributed by atoms with Gasteiger partial charge in [-0.3, -0.25) is 14.5 Å². The number of thioether (sulfide) groups is 1. The number of carbonyl (C=O) groups is 3. The summed E-state index contributed by atoms with van der Waals surface area (Å²) in [5, 5.41) is 16.6. The van der Waals surface area contributed by atoms with Gasteiger partial charge in [-0.2, -0.15) is 24.9 Å². The number of nitrogens with one attached hydrogen (secondary N) is 2. The van der Waals surface area contributed by atoms with Crippen LogP contribution in [0.3, 0.4) is 0 Å². The Kier molecular flexibility index (Phi) is 10.6. The molecule has 0 bridgehead atoms. The van der Waals surface area contributed by atoms with Gasteiger partial charge in [-0.25, -0.2) is 8.78 Å². The molecule has 2 saturated heterocycles. The topological polar surface area (TPSA) is 108 Å². The lowest BCUT2D eigenvalue weighted by atomic mass is 10.1. The summed E-state index contributed by atoms with van der Waals surface area (Å²) in [4.78, 5) is 41.2. The van der Waals surface area contributed by atoms with Crippen molar-refractivity contribution in [3.63, 3.8) is 0 Å². The van der Waals surface area contributed by atoms with Gasteiger partial charge in [0.2, 0.25) is 5.91 Å². The van der Waals surface area contributed by atoms with Crippen molar-refractivity contribution in [3.8, 4) is 0 Å². The first-order valence-corrected chi connectivity index (χ1v) is 14.8. The van der Waals surface area contributed by atoms with Gasteiger partial charge in [0, 0.05) is 67.9 Å². The molecule has 2 aromatic rings. The Bertz CT molecular complexity index is 1360. The van der Waals surface area contributed by atoms with Gasteiger partial charge >= 0.3 is 6.18 Å². The Morgan fingerprint density at radius 2 is 1.74 bits per heavy atom. The number of benzene rings is 2. The van der Waals surface area contributed by atoms with Crippen molar-refractivity contribution >= 4 is 52.6 Å². The second-order valence-corrected chi connectivity index (χ2v) is 11.6. The fourth-order valence-electron chi connectivity index (χ4n) is 4.80. The van der Waals surface area contributed by atoms with E-state index in [2.05, 4.69) is 10.6 Å². The van der Waals surface area contributed by atoms with Crippen molar-refractivity contribution in [2.24, 2.45) is 0 Å². The summed E-state index contributed by atoms with van der Waals surface area (Å²) in [7, 11) is 0. The second kappa shape index (κ2) is 14.0. The Labute approximate surface area is 253 Å². The highest BCUT2D eigenvalue weighted by Gasteiger charge is 2.31. The second-order valence-electron chi connectivity index (χ2n) is 9.98. The van der Waals surface area contributed by atoms with Crippen LogP contribution in [0.5, 0.6) is 0 Å². The Balaban J connectivity index is 1.41. The number of hydrogen-bond acceptors (Lipinski definition) is 7. The van der Waals surface area contributed by atoms with Crippen LogP contribution in [0.2, 0.25) is 5.02 Å². The van der Waals surface area contributed by atoms with E-state index in [4.69, 9.17) is 11.6 Å². The van der Waals surface area contributed by atoms with E-state index in [0.29, 0.717) is 42.6 Å². The number of rotatable bonds is 8. The minimum atomic E-state index is -4.25. The number of piperazine rings is 1. The zero-order chi connectivity index (χ0) is 31.3. The van der Waals surface area contributed by atoms with Crippen LogP contribution in [0, 0.1) is 11.6 Å². The van der Waals surface area contributed by atoms with E-state index in [-0.39, 0.29) is 30.1 Å². The summed E-state index contributed by atoms with van der Waals surface area (Å²) in [6, 6.07) is 5.73. The third-order valence-corrected chi connectivity index (χ3v) is 8.42. The lowest BCUT2D eigenvalue weighted by Gasteiger charge is -2.37. The molecule has 0 spiro atoms. The molecule has 4 rings (SSSR count). The predicted octanol–water partition coefficient (Wildman–Crippen LogP) is 3.32. The van der Waals surface area contributed by atoms with Crippen molar-refractivity contribution in [1.82, 2.24) is 15.1 Å². The first-order valence-electron chi connectivity index (χ1n) is 13.3. The summed E-state index contributed by atoms with van der Waals surface area (Å²) < 4.78 is 67.7. The zero-order valence-electron chi connectivity index (χ0n) is 22.7. The van der Waals surface area contributed by atoms with Crippen LogP contribution in [0.15, 0.2) is 30.3 Å². The highest BCUT2D eigenvalue weighted by molar-refractivity contribution is 7.99. The van der Waals surface area contributed by atoms with E-state index >= 15 is 4.39 Å². The lowest BCUT2D eigenvalue weighted by molar-refractivity contribution is -0.267. The van der Waals surface area contributed by atoms with Crippen LogP contribution in [-0.4, -0.2) is 90.7 Å². The summed E-state index contributed by atoms with van der Waals surface area (Å²) in [5.41, 5.74) is -0.126. The van der Waals surface area contributed by atoms with Gasteiger partial charge in [-0.05, 0) is 24.3 Å². The van der Waals surface area contributed by atoms with Crippen molar-refractivity contribution < 1.29 is 41.4 Å². The molecule has 0 saturated carbocycles. The van der Waals surface area contributed by atoms with Crippen LogP contribution in [0.4, 0.5) is 38.1 Å². The van der Waals surface area contributed by atoms with E-state index in [1.165, 1.54) is 23.9 Å². The highest BCUT2D eigenvalue weighted by atomic mass is 35.5. The first kappa shape index (κ1) is 32.6. The third-order valence-electron chi connectivity index (χ3n) is 7.16. The molecule has 234 valence electrons. The fraction of sp³-hybridized carbons (Fsp3) is 0.444. The van der Waals surface area contributed by atoms with E-state index in [1.54, 1.807) is 11.0 Å². The maximum Gasteiger partial charge on any atom is 0.390 e. The molecular weight excluding hydrogens is 621 g/mol. The van der Waals surface area contributed by atoms with Gasteiger partial charge in [0.1, 0.15) is 12.1 Å². The maximum absolute atomic E-state index is 15.0. The average molecular weight is 649 g/mol. The van der Waals surface area contributed by atoms with Crippen molar-refractivity contribution in [2.45, 2.75) is 25.2 Å². The Morgan fingerprint density at radius 1 is 1.02 bits per heavy atom. The number of anilines is 2. The fourth-order valence-corrected chi connectivity index (χ4v) is 6.01. The summed E-state index contributed by atoms with van der Waals surface area (Å²) in [6.07, 6.45) is -6.67. The first-order chi connectivity index (χ1) is 20.3. The number of amides is 3. The zero-order valence-corrected chi connectivity index (χ0v) is 24.3. The van der Waals surface area contributed by atoms with E-state index in [1.807, 2.05) is 4.90 Å². The van der Waals surface area contributed by atoms with Gasteiger partial charge < -0.3 is 30.3 Å². The monoisotopic (exact) mass is 648 g/mol. The van der Waals surface area contributed by atoms with E-state index < -0.39 is 60.3 Å². The molecule has 3 amide bonds.